The van der Waals surface area contributed by atoms with Crippen molar-refractivity contribution >= 4 is 34.5 Å². The summed E-state index contributed by atoms with van der Waals surface area (Å²) in [6.07, 6.45) is 0.270. The monoisotopic (exact) mass is 351 g/mol. The summed E-state index contributed by atoms with van der Waals surface area (Å²) >= 11 is 7.51. The first-order chi connectivity index (χ1) is 11.2. The molecule has 7 heteroatoms. The number of thiazole rings is 1. The summed E-state index contributed by atoms with van der Waals surface area (Å²) in [4.78, 5) is 18.9. The van der Waals surface area contributed by atoms with E-state index in [1.165, 1.54) is 0 Å². The molecule has 3 rings (SSSR count). The van der Waals surface area contributed by atoms with Crippen LogP contribution >= 0.6 is 22.9 Å². The van der Waals surface area contributed by atoms with Gasteiger partial charge in [0.25, 0.3) is 0 Å². The fraction of sp³-hybridized carbons (Fsp3) is 0.375. The van der Waals surface area contributed by atoms with Gasteiger partial charge in [-0.2, -0.15) is 0 Å². The lowest BCUT2D eigenvalue weighted by Crippen LogP contribution is -2.35. The van der Waals surface area contributed by atoms with Crippen LogP contribution in [0.4, 0.5) is 5.69 Å². The van der Waals surface area contributed by atoms with Crippen molar-refractivity contribution in [3.63, 3.8) is 0 Å². The van der Waals surface area contributed by atoms with E-state index in [0.29, 0.717) is 10.7 Å². The number of hydrogen-bond acceptors (Lipinski definition) is 5. The third-order valence-corrected chi connectivity index (χ3v) is 4.63. The molecule has 2 aromatic rings. The van der Waals surface area contributed by atoms with Crippen molar-refractivity contribution in [2.24, 2.45) is 0 Å². The van der Waals surface area contributed by atoms with E-state index >= 15 is 0 Å². The van der Waals surface area contributed by atoms with Gasteiger partial charge in [-0.1, -0.05) is 17.7 Å². The van der Waals surface area contributed by atoms with Crippen molar-refractivity contribution in [3.8, 4) is 0 Å². The smallest absolute Gasteiger partial charge is 0.230 e. The zero-order valence-electron chi connectivity index (χ0n) is 12.6. The average Bonchev–Trinajstić information content (AvgIpc) is 2.95. The van der Waals surface area contributed by atoms with Crippen molar-refractivity contribution in [1.82, 2.24) is 9.88 Å². The van der Waals surface area contributed by atoms with Crippen LogP contribution < -0.4 is 5.32 Å². The maximum absolute atomic E-state index is 12.1. The van der Waals surface area contributed by atoms with Crippen molar-refractivity contribution in [2.45, 2.75) is 13.0 Å². The molecule has 1 aromatic carbocycles. The van der Waals surface area contributed by atoms with E-state index in [1.807, 2.05) is 11.4 Å². The Balaban J connectivity index is 1.52. The molecule has 1 N–H and O–H groups in total. The summed E-state index contributed by atoms with van der Waals surface area (Å²) in [5.41, 5.74) is 1.50. The second-order valence-corrected chi connectivity index (χ2v) is 6.74. The number of ether oxygens (including phenoxy) is 1. The molecule has 0 bridgehead atoms. The lowest BCUT2D eigenvalue weighted by atomic mass is 10.3. The van der Waals surface area contributed by atoms with Gasteiger partial charge < -0.3 is 10.1 Å². The van der Waals surface area contributed by atoms with Crippen molar-refractivity contribution < 1.29 is 9.53 Å². The van der Waals surface area contributed by atoms with Gasteiger partial charge in [0.2, 0.25) is 5.91 Å². The Morgan fingerprint density at radius 3 is 3.00 bits per heavy atom. The first-order valence-electron chi connectivity index (χ1n) is 7.48. The van der Waals surface area contributed by atoms with Gasteiger partial charge >= 0.3 is 0 Å². The topological polar surface area (TPSA) is 54.5 Å². The van der Waals surface area contributed by atoms with Crippen LogP contribution in [0.5, 0.6) is 0 Å². The average molecular weight is 352 g/mol. The van der Waals surface area contributed by atoms with Crippen LogP contribution in [0.15, 0.2) is 29.6 Å². The number of nitrogens with zero attached hydrogens (tertiary/aromatic N) is 2. The van der Waals surface area contributed by atoms with E-state index in [-0.39, 0.29) is 12.3 Å². The molecule has 1 fully saturated rings. The number of aromatic nitrogens is 1. The number of rotatable bonds is 5. The van der Waals surface area contributed by atoms with Gasteiger partial charge in [0.05, 0.1) is 31.9 Å². The van der Waals surface area contributed by atoms with E-state index < -0.39 is 0 Å². The highest BCUT2D eigenvalue weighted by Crippen LogP contribution is 2.17. The number of anilines is 1. The molecule has 1 saturated heterocycles. The Labute approximate surface area is 144 Å². The highest BCUT2D eigenvalue weighted by atomic mass is 35.5. The maximum Gasteiger partial charge on any atom is 0.230 e. The molecule has 2 heterocycles. The summed E-state index contributed by atoms with van der Waals surface area (Å²) in [7, 11) is 0. The quantitative estimate of drug-likeness (QED) is 0.900. The number of nitrogens with one attached hydrogen (secondary N) is 1. The number of amides is 1. The molecular formula is C16H18ClN3O2S. The van der Waals surface area contributed by atoms with Crippen molar-refractivity contribution in [2.75, 3.05) is 31.6 Å². The molecule has 122 valence electrons. The largest absolute Gasteiger partial charge is 0.379 e. The van der Waals surface area contributed by atoms with E-state index in [1.54, 1.807) is 29.5 Å². The number of halogens is 1. The highest BCUT2D eigenvalue weighted by Gasteiger charge is 2.14. The highest BCUT2D eigenvalue weighted by molar-refractivity contribution is 7.09. The maximum atomic E-state index is 12.1. The number of carbonyl (C=O) groups excluding carboxylic acids is 1. The van der Waals surface area contributed by atoms with E-state index in [9.17, 15) is 4.79 Å². The first-order valence-corrected chi connectivity index (χ1v) is 8.73. The van der Waals surface area contributed by atoms with Crippen LogP contribution in [0.25, 0.3) is 0 Å². The zero-order chi connectivity index (χ0) is 16.1. The second kappa shape index (κ2) is 7.88. The fourth-order valence-electron chi connectivity index (χ4n) is 2.39. The molecule has 0 unspecified atom stereocenters. The molecule has 0 radical (unpaired) electrons. The van der Waals surface area contributed by atoms with Gasteiger partial charge in [-0.3, -0.25) is 9.69 Å². The van der Waals surface area contributed by atoms with Crippen molar-refractivity contribution in [1.29, 1.82) is 0 Å². The van der Waals surface area contributed by atoms with E-state index in [0.717, 1.165) is 43.5 Å². The number of carbonyl (C=O) groups is 1. The van der Waals surface area contributed by atoms with E-state index in [4.69, 9.17) is 16.3 Å². The molecule has 23 heavy (non-hydrogen) atoms. The van der Waals surface area contributed by atoms with Crippen LogP contribution in [0, 0.1) is 0 Å². The zero-order valence-corrected chi connectivity index (χ0v) is 14.2. The standard InChI is InChI=1S/C16H18ClN3O2S/c17-12-2-1-3-13(8-12)18-15(21)9-14-11-23-16(19-14)10-20-4-6-22-7-5-20/h1-3,8,11H,4-7,9-10H2,(H,18,21). The second-order valence-electron chi connectivity index (χ2n) is 5.36. The molecule has 1 aliphatic rings. The van der Waals surface area contributed by atoms with Crippen LogP contribution in [-0.4, -0.2) is 42.1 Å². The van der Waals surface area contributed by atoms with Crippen LogP contribution in [0.1, 0.15) is 10.7 Å². The minimum absolute atomic E-state index is 0.0875. The molecule has 0 aliphatic carbocycles. The third-order valence-electron chi connectivity index (χ3n) is 3.51. The Kier molecular flexibility index (Phi) is 5.61. The summed E-state index contributed by atoms with van der Waals surface area (Å²) in [6, 6.07) is 7.12. The predicted molar refractivity (Wildman–Crippen MR) is 92.0 cm³/mol. The minimum Gasteiger partial charge on any atom is -0.379 e. The van der Waals surface area contributed by atoms with Gasteiger partial charge in [0.1, 0.15) is 5.01 Å². The van der Waals surface area contributed by atoms with Crippen molar-refractivity contribution in [3.05, 3.63) is 45.4 Å². The predicted octanol–water partition coefficient (Wildman–Crippen LogP) is 2.81. The fourth-order valence-corrected chi connectivity index (χ4v) is 3.41. The normalized spacial score (nSPS) is 15.5. The van der Waals surface area contributed by atoms with Gasteiger partial charge in [0, 0.05) is 29.2 Å². The molecule has 1 amide bonds. The molecule has 5 nitrogen and oxygen atoms in total. The molecule has 0 saturated carbocycles. The van der Waals surface area contributed by atoms with E-state index in [2.05, 4.69) is 15.2 Å². The van der Waals surface area contributed by atoms with Crippen LogP contribution in [0.2, 0.25) is 5.02 Å². The minimum atomic E-state index is -0.0875. The molecule has 0 atom stereocenters. The Morgan fingerprint density at radius 2 is 2.22 bits per heavy atom. The number of benzene rings is 1. The van der Waals surface area contributed by atoms with Gasteiger partial charge in [-0.15, -0.1) is 11.3 Å². The lowest BCUT2D eigenvalue weighted by molar-refractivity contribution is -0.115. The third kappa shape index (κ3) is 5.00. The Bertz CT molecular complexity index is 671. The van der Waals surface area contributed by atoms with Gasteiger partial charge in [-0.25, -0.2) is 4.98 Å². The van der Waals surface area contributed by atoms with Crippen LogP contribution in [0.3, 0.4) is 0 Å². The van der Waals surface area contributed by atoms with Crippen LogP contribution in [-0.2, 0) is 22.5 Å². The van der Waals surface area contributed by atoms with Gasteiger partial charge in [0.15, 0.2) is 0 Å². The number of hydrogen-bond donors (Lipinski definition) is 1. The Morgan fingerprint density at radius 1 is 1.39 bits per heavy atom. The molecule has 0 spiro atoms. The first kappa shape index (κ1) is 16.4. The number of morpholine rings is 1. The van der Waals surface area contributed by atoms with Gasteiger partial charge in [-0.05, 0) is 18.2 Å². The molecule has 1 aromatic heterocycles. The molecule has 1 aliphatic heterocycles. The summed E-state index contributed by atoms with van der Waals surface area (Å²) in [5, 5.41) is 6.43. The summed E-state index contributed by atoms with van der Waals surface area (Å²) < 4.78 is 5.34. The summed E-state index contributed by atoms with van der Waals surface area (Å²) in [5.74, 6) is -0.0875. The SMILES string of the molecule is O=C(Cc1csc(CN2CCOCC2)n1)Nc1cccc(Cl)c1. The Hall–Kier alpha value is -1.47. The molecular weight excluding hydrogens is 334 g/mol. The summed E-state index contributed by atoms with van der Waals surface area (Å²) in [6.45, 7) is 4.25. The lowest BCUT2D eigenvalue weighted by Gasteiger charge is -2.25.